The minimum Gasteiger partial charge on any atom is -0.477 e. The maximum Gasteiger partial charge on any atom is 0.345 e. The van der Waals surface area contributed by atoms with Crippen molar-refractivity contribution in [1.82, 2.24) is 9.97 Å². The number of hydrogen-bond donors (Lipinski definition) is 2. The van der Waals surface area contributed by atoms with E-state index in [1.54, 1.807) is 36.2 Å². The molecule has 5 heteroatoms. The molecule has 13 heavy (non-hydrogen) atoms. The number of imidazole rings is 1. The van der Waals surface area contributed by atoms with Crippen LogP contribution in [0.4, 0.5) is 0 Å². The van der Waals surface area contributed by atoms with Gasteiger partial charge in [-0.25, -0.2) is 9.78 Å². The smallest absolute Gasteiger partial charge is 0.345 e. The molecule has 0 fully saturated rings. The molecule has 0 aliphatic carbocycles. The van der Waals surface area contributed by atoms with Gasteiger partial charge >= 0.3 is 5.97 Å². The van der Waals surface area contributed by atoms with E-state index in [0.717, 1.165) is 0 Å². The van der Waals surface area contributed by atoms with Crippen molar-refractivity contribution >= 4 is 17.3 Å². The second kappa shape index (κ2) is 5.10. The van der Waals surface area contributed by atoms with E-state index < -0.39 is 5.97 Å². The first kappa shape index (κ1) is 9.47. The Morgan fingerprint density at radius 2 is 2.46 bits per heavy atom. The molecule has 2 aromatic heterocycles. The van der Waals surface area contributed by atoms with E-state index in [1.807, 2.05) is 0 Å². The zero-order valence-electron chi connectivity index (χ0n) is 6.68. The summed E-state index contributed by atoms with van der Waals surface area (Å²) in [5, 5.41) is 10.0. The van der Waals surface area contributed by atoms with Crippen LogP contribution in [0, 0.1) is 0 Å². The van der Waals surface area contributed by atoms with Crippen LogP contribution in [-0.4, -0.2) is 21.0 Å². The summed E-state index contributed by atoms with van der Waals surface area (Å²) >= 11 is 1.23. The van der Waals surface area contributed by atoms with Gasteiger partial charge in [-0.3, -0.25) is 0 Å². The van der Waals surface area contributed by atoms with Crippen molar-refractivity contribution in [2.75, 3.05) is 0 Å². The zero-order chi connectivity index (χ0) is 9.52. The highest BCUT2D eigenvalue weighted by atomic mass is 32.1. The highest BCUT2D eigenvalue weighted by molar-refractivity contribution is 7.11. The molecule has 0 spiro atoms. The number of carboxylic acids is 1. The van der Waals surface area contributed by atoms with Crippen LogP contribution in [0.5, 0.6) is 0 Å². The Morgan fingerprint density at radius 3 is 2.69 bits per heavy atom. The largest absolute Gasteiger partial charge is 0.477 e. The first-order valence-electron chi connectivity index (χ1n) is 3.50. The van der Waals surface area contributed by atoms with Crippen LogP contribution in [0.15, 0.2) is 36.2 Å². The summed E-state index contributed by atoms with van der Waals surface area (Å²) in [7, 11) is 0. The summed E-state index contributed by atoms with van der Waals surface area (Å²) in [6.07, 6.45) is 5.08. The normalized spacial score (nSPS) is 8.62. The molecule has 0 aliphatic heterocycles. The van der Waals surface area contributed by atoms with Crippen LogP contribution in [0.1, 0.15) is 9.67 Å². The van der Waals surface area contributed by atoms with Crippen molar-refractivity contribution in [3.05, 3.63) is 41.1 Å². The van der Waals surface area contributed by atoms with Crippen molar-refractivity contribution in [2.45, 2.75) is 0 Å². The van der Waals surface area contributed by atoms with Gasteiger partial charge < -0.3 is 10.1 Å². The summed E-state index contributed by atoms with van der Waals surface area (Å²) in [5.41, 5.74) is 0. The predicted molar refractivity (Wildman–Crippen MR) is 49.9 cm³/mol. The van der Waals surface area contributed by atoms with E-state index in [9.17, 15) is 4.79 Å². The highest BCUT2D eigenvalue weighted by Gasteiger charge is 1.99. The van der Waals surface area contributed by atoms with Gasteiger partial charge in [0.25, 0.3) is 0 Å². The number of aromatic carboxylic acids is 1. The fourth-order valence-electron chi connectivity index (χ4n) is 0.615. The molecule has 2 heterocycles. The van der Waals surface area contributed by atoms with E-state index in [1.165, 1.54) is 11.3 Å². The molecule has 0 aliphatic rings. The Balaban J connectivity index is 0.000000145. The molecule has 2 aromatic rings. The Hall–Kier alpha value is -1.62. The Morgan fingerprint density at radius 1 is 1.62 bits per heavy atom. The fraction of sp³-hybridized carbons (Fsp3) is 0. The second-order valence-corrected chi connectivity index (χ2v) is 2.99. The SMILES string of the molecule is O=C(O)c1cccs1.c1c[nH]cn1. The number of thiophene rings is 1. The second-order valence-electron chi connectivity index (χ2n) is 2.04. The number of carboxylic acid groups (broad SMARTS) is 1. The van der Waals surface area contributed by atoms with Gasteiger partial charge in [0.05, 0.1) is 6.33 Å². The van der Waals surface area contributed by atoms with Gasteiger partial charge in [0.2, 0.25) is 0 Å². The molecule has 0 saturated carbocycles. The highest BCUT2D eigenvalue weighted by Crippen LogP contribution is 2.06. The summed E-state index contributed by atoms with van der Waals surface area (Å²) in [5.74, 6) is -0.847. The van der Waals surface area contributed by atoms with Crippen LogP contribution >= 0.6 is 11.3 Å². The molecule has 0 aromatic carbocycles. The lowest BCUT2D eigenvalue weighted by Crippen LogP contribution is -1.89. The van der Waals surface area contributed by atoms with Crippen molar-refractivity contribution in [3.63, 3.8) is 0 Å². The number of nitrogens with zero attached hydrogens (tertiary/aromatic N) is 1. The number of aromatic amines is 1. The first-order chi connectivity index (χ1) is 6.30. The predicted octanol–water partition coefficient (Wildman–Crippen LogP) is 1.86. The van der Waals surface area contributed by atoms with Gasteiger partial charge in [-0.15, -0.1) is 11.3 Å². The number of nitrogens with one attached hydrogen (secondary N) is 1. The number of H-pyrrole nitrogens is 1. The monoisotopic (exact) mass is 196 g/mol. The lowest BCUT2D eigenvalue weighted by Gasteiger charge is -1.78. The summed E-state index contributed by atoms with van der Waals surface area (Å²) in [6, 6.07) is 3.29. The van der Waals surface area contributed by atoms with Crippen molar-refractivity contribution in [3.8, 4) is 0 Å². The molecule has 0 saturated heterocycles. The Bertz CT molecular complexity index is 312. The molecule has 2 rings (SSSR count). The molecular formula is C8H8N2O2S. The molecule has 2 N–H and O–H groups in total. The molecule has 0 unspecified atom stereocenters. The summed E-state index contributed by atoms with van der Waals surface area (Å²) < 4.78 is 0. The molecule has 0 atom stereocenters. The maximum atomic E-state index is 10.1. The van der Waals surface area contributed by atoms with Gasteiger partial charge in [-0.05, 0) is 11.4 Å². The van der Waals surface area contributed by atoms with E-state index >= 15 is 0 Å². The van der Waals surface area contributed by atoms with Crippen molar-refractivity contribution < 1.29 is 9.90 Å². The number of carbonyl (C=O) groups is 1. The van der Waals surface area contributed by atoms with Crippen molar-refractivity contribution in [1.29, 1.82) is 0 Å². The molecule has 4 nitrogen and oxygen atoms in total. The Labute approximate surface area is 78.9 Å². The van der Waals surface area contributed by atoms with Crippen LogP contribution < -0.4 is 0 Å². The van der Waals surface area contributed by atoms with Crippen molar-refractivity contribution in [2.24, 2.45) is 0 Å². The quantitative estimate of drug-likeness (QED) is 0.731. The number of rotatable bonds is 1. The molecule has 68 valence electrons. The zero-order valence-corrected chi connectivity index (χ0v) is 7.49. The third kappa shape index (κ3) is 3.53. The minimum atomic E-state index is -0.847. The average Bonchev–Trinajstić information content (AvgIpc) is 2.82. The third-order valence-corrected chi connectivity index (χ3v) is 2.00. The lowest BCUT2D eigenvalue weighted by atomic mass is 10.5. The fourth-order valence-corrected chi connectivity index (χ4v) is 1.18. The van der Waals surface area contributed by atoms with Gasteiger partial charge in [0.1, 0.15) is 4.88 Å². The van der Waals surface area contributed by atoms with E-state index in [4.69, 9.17) is 5.11 Å². The van der Waals surface area contributed by atoms with Crippen LogP contribution in [0.3, 0.4) is 0 Å². The maximum absolute atomic E-state index is 10.1. The summed E-state index contributed by atoms with van der Waals surface area (Å²) in [6.45, 7) is 0. The summed E-state index contributed by atoms with van der Waals surface area (Å²) in [4.78, 5) is 16.9. The third-order valence-electron chi connectivity index (χ3n) is 1.14. The van der Waals surface area contributed by atoms with Crippen LogP contribution in [0.25, 0.3) is 0 Å². The first-order valence-corrected chi connectivity index (χ1v) is 4.38. The van der Waals surface area contributed by atoms with E-state index in [0.29, 0.717) is 4.88 Å². The van der Waals surface area contributed by atoms with Crippen LogP contribution in [-0.2, 0) is 0 Å². The van der Waals surface area contributed by atoms with E-state index in [2.05, 4.69) is 9.97 Å². The molecular weight excluding hydrogens is 188 g/mol. The standard InChI is InChI=1S/C5H4O2S.C3H4N2/c6-5(7)4-2-1-3-8-4;1-2-5-3-4-1/h1-3H,(H,6,7);1-3H,(H,4,5). The average molecular weight is 196 g/mol. The van der Waals surface area contributed by atoms with Gasteiger partial charge in [-0.2, -0.15) is 0 Å². The van der Waals surface area contributed by atoms with Gasteiger partial charge in [-0.1, -0.05) is 6.07 Å². The van der Waals surface area contributed by atoms with Gasteiger partial charge in [0.15, 0.2) is 0 Å². The van der Waals surface area contributed by atoms with Gasteiger partial charge in [0, 0.05) is 12.4 Å². The topological polar surface area (TPSA) is 66.0 Å². The minimum absolute atomic E-state index is 0.394. The lowest BCUT2D eigenvalue weighted by molar-refractivity contribution is 0.0702. The van der Waals surface area contributed by atoms with E-state index in [-0.39, 0.29) is 0 Å². The Kier molecular flexibility index (Phi) is 3.72. The molecule has 0 bridgehead atoms. The molecule has 0 radical (unpaired) electrons. The number of aromatic nitrogens is 2. The van der Waals surface area contributed by atoms with Crippen LogP contribution in [0.2, 0.25) is 0 Å². The number of hydrogen-bond acceptors (Lipinski definition) is 3. The molecule has 0 amide bonds.